The Balaban J connectivity index is 1.66. The smallest absolute Gasteiger partial charge is 0.250 e. The number of halogens is 3. The van der Waals surface area contributed by atoms with Crippen LogP contribution >= 0.6 is 46.6 Å². The number of aromatic nitrogens is 1. The second-order valence-corrected chi connectivity index (χ2v) is 8.62. The van der Waals surface area contributed by atoms with Crippen molar-refractivity contribution in [1.29, 1.82) is 0 Å². The molecule has 0 spiro atoms. The lowest BCUT2D eigenvalue weighted by Gasteiger charge is -2.12. The van der Waals surface area contributed by atoms with Gasteiger partial charge in [0.2, 0.25) is 5.91 Å². The average molecular weight is 467 g/mol. The van der Waals surface area contributed by atoms with E-state index in [0.717, 1.165) is 27.5 Å². The summed E-state index contributed by atoms with van der Waals surface area (Å²) in [6.45, 7) is 3.94. The summed E-state index contributed by atoms with van der Waals surface area (Å²) in [5, 5.41) is 5.96. The number of rotatable bonds is 6. The van der Waals surface area contributed by atoms with Gasteiger partial charge in [0.15, 0.2) is 0 Å². The molecule has 0 fully saturated rings. The number of nitrogens with zero attached hydrogens (tertiary/aromatic N) is 2. The standard InChI is InChI=1S/C21H18Cl3N3OS/c1-13-9-15(14(2)27(13)20-10-17(23)5-8-19(20)24)11-25-26-21(28)12-29-18-6-3-16(22)4-7-18/h3-11H,12H2,1-2H3,(H,26,28)/b25-11-. The molecule has 8 heteroatoms. The summed E-state index contributed by atoms with van der Waals surface area (Å²) in [6, 6.07) is 14.7. The van der Waals surface area contributed by atoms with Gasteiger partial charge < -0.3 is 4.57 Å². The number of aryl methyl sites for hydroxylation is 1. The first kappa shape index (κ1) is 21.8. The van der Waals surface area contributed by atoms with Crippen LogP contribution in [0.3, 0.4) is 0 Å². The molecule has 0 radical (unpaired) electrons. The maximum Gasteiger partial charge on any atom is 0.250 e. The lowest BCUT2D eigenvalue weighted by molar-refractivity contribution is -0.118. The number of thioether (sulfide) groups is 1. The molecule has 29 heavy (non-hydrogen) atoms. The Kier molecular flexibility index (Phi) is 7.30. The molecule has 4 nitrogen and oxygen atoms in total. The van der Waals surface area contributed by atoms with Crippen LogP contribution in [0.2, 0.25) is 15.1 Å². The van der Waals surface area contributed by atoms with E-state index < -0.39 is 0 Å². The van der Waals surface area contributed by atoms with Crippen molar-refractivity contribution in [2.75, 3.05) is 5.75 Å². The topological polar surface area (TPSA) is 46.4 Å². The van der Waals surface area contributed by atoms with Crippen LogP contribution in [0, 0.1) is 13.8 Å². The van der Waals surface area contributed by atoms with E-state index in [2.05, 4.69) is 10.5 Å². The largest absolute Gasteiger partial charge is 0.316 e. The first-order valence-corrected chi connectivity index (χ1v) is 10.8. The van der Waals surface area contributed by atoms with Crippen molar-refractivity contribution in [3.8, 4) is 5.69 Å². The SMILES string of the molecule is Cc1cc(/C=N\NC(=O)CSc2ccc(Cl)cc2)c(C)n1-c1cc(Cl)ccc1Cl. The van der Waals surface area contributed by atoms with E-state index in [1.54, 1.807) is 30.5 Å². The van der Waals surface area contributed by atoms with E-state index in [1.165, 1.54) is 11.8 Å². The van der Waals surface area contributed by atoms with E-state index in [4.69, 9.17) is 34.8 Å². The van der Waals surface area contributed by atoms with Crippen LogP contribution in [-0.2, 0) is 4.79 Å². The maximum absolute atomic E-state index is 12.0. The lowest BCUT2D eigenvalue weighted by Crippen LogP contribution is -2.19. The molecule has 0 aliphatic carbocycles. The molecule has 0 bridgehead atoms. The number of hydrogen-bond donors (Lipinski definition) is 1. The average Bonchev–Trinajstić information content (AvgIpc) is 2.97. The number of carbonyl (C=O) groups excluding carboxylic acids is 1. The molecule has 2 aromatic carbocycles. The van der Waals surface area contributed by atoms with Crippen molar-refractivity contribution in [3.63, 3.8) is 0 Å². The zero-order valence-corrected chi connectivity index (χ0v) is 18.8. The highest BCUT2D eigenvalue weighted by atomic mass is 35.5. The molecular weight excluding hydrogens is 449 g/mol. The fraction of sp³-hybridized carbons (Fsp3) is 0.143. The zero-order chi connectivity index (χ0) is 21.0. The molecule has 1 amide bonds. The molecule has 0 saturated carbocycles. The Morgan fingerprint density at radius 3 is 2.48 bits per heavy atom. The Bertz CT molecular complexity index is 1060. The van der Waals surface area contributed by atoms with Gasteiger partial charge in [0.25, 0.3) is 0 Å². The first-order chi connectivity index (χ1) is 13.8. The van der Waals surface area contributed by atoms with Crippen molar-refractivity contribution in [3.05, 3.63) is 80.6 Å². The fourth-order valence-corrected chi connectivity index (χ4v) is 4.02. The van der Waals surface area contributed by atoms with Crippen molar-refractivity contribution in [2.45, 2.75) is 18.7 Å². The third kappa shape index (κ3) is 5.58. The molecule has 0 aliphatic heterocycles. The van der Waals surface area contributed by atoms with E-state index in [9.17, 15) is 4.79 Å². The van der Waals surface area contributed by atoms with Crippen LogP contribution < -0.4 is 5.43 Å². The van der Waals surface area contributed by atoms with E-state index >= 15 is 0 Å². The number of nitrogens with one attached hydrogen (secondary N) is 1. The first-order valence-electron chi connectivity index (χ1n) is 8.70. The van der Waals surface area contributed by atoms with Gasteiger partial charge >= 0.3 is 0 Å². The minimum Gasteiger partial charge on any atom is -0.316 e. The fourth-order valence-electron chi connectivity index (χ4n) is 2.83. The minimum absolute atomic E-state index is 0.187. The molecule has 3 rings (SSSR count). The summed E-state index contributed by atoms with van der Waals surface area (Å²) in [5.41, 5.74) is 6.17. The van der Waals surface area contributed by atoms with Gasteiger partial charge in [-0.15, -0.1) is 11.8 Å². The summed E-state index contributed by atoms with van der Waals surface area (Å²) in [4.78, 5) is 13.0. The highest BCUT2D eigenvalue weighted by molar-refractivity contribution is 8.00. The Morgan fingerprint density at radius 1 is 1.07 bits per heavy atom. The Hall–Kier alpha value is -1.92. The van der Waals surface area contributed by atoms with Crippen LogP contribution in [0.15, 0.2) is 58.5 Å². The monoisotopic (exact) mass is 465 g/mol. The van der Waals surface area contributed by atoms with Gasteiger partial charge in [-0.3, -0.25) is 4.79 Å². The Labute approximate surface area is 188 Å². The number of carbonyl (C=O) groups is 1. The summed E-state index contributed by atoms with van der Waals surface area (Å²) >= 11 is 19.7. The van der Waals surface area contributed by atoms with Crippen LogP contribution in [0.25, 0.3) is 5.69 Å². The number of benzene rings is 2. The molecule has 1 aromatic heterocycles. The van der Waals surface area contributed by atoms with Crippen molar-refractivity contribution >= 4 is 58.7 Å². The molecular formula is C21H18Cl3N3OS. The molecule has 1 N–H and O–H groups in total. The quantitative estimate of drug-likeness (QED) is 0.263. The van der Waals surface area contributed by atoms with Crippen LogP contribution in [0.1, 0.15) is 17.0 Å². The number of hydrogen-bond acceptors (Lipinski definition) is 3. The molecule has 150 valence electrons. The molecule has 0 saturated heterocycles. The predicted molar refractivity (Wildman–Crippen MR) is 123 cm³/mol. The van der Waals surface area contributed by atoms with Crippen LogP contribution in [-0.4, -0.2) is 22.4 Å². The van der Waals surface area contributed by atoms with Gasteiger partial charge in [-0.1, -0.05) is 34.8 Å². The van der Waals surface area contributed by atoms with Crippen LogP contribution in [0.4, 0.5) is 0 Å². The van der Waals surface area contributed by atoms with Gasteiger partial charge in [0, 0.05) is 31.9 Å². The van der Waals surface area contributed by atoms with Crippen molar-refractivity contribution in [2.24, 2.45) is 5.10 Å². The molecule has 0 atom stereocenters. The van der Waals surface area contributed by atoms with E-state index in [-0.39, 0.29) is 11.7 Å². The van der Waals surface area contributed by atoms with Crippen LogP contribution in [0.5, 0.6) is 0 Å². The normalized spacial score (nSPS) is 11.2. The zero-order valence-electron chi connectivity index (χ0n) is 15.7. The predicted octanol–water partition coefficient (Wildman–Crippen LogP) is 6.30. The second-order valence-electron chi connectivity index (χ2n) is 6.29. The van der Waals surface area contributed by atoms with Gasteiger partial charge in [-0.05, 0) is 62.4 Å². The van der Waals surface area contributed by atoms with E-state index in [0.29, 0.717) is 15.1 Å². The van der Waals surface area contributed by atoms with Gasteiger partial charge in [-0.2, -0.15) is 5.10 Å². The maximum atomic E-state index is 12.0. The summed E-state index contributed by atoms with van der Waals surface area (Å²) < 4.78 is 2.01. The minimum atomic E-state index is -0.187. The lowest BCUT2D eigenvalue weighted by atomic mass is 10.2. The van der Waals surface area contributed by atoms with E-state index in [1.807, 2.05) is 42.7 Å². The summed E-state index contributed by atoms with van der Waals surface area (Å²) in [5.74, 6) is 0.0729. The van der Waals surface area contributed by atoms with Crippen molar-refractivity contribution in [1.82, 2.24) is 9.99 Å². The Morgan fingerprint density at radius 2 is 1.76 bits per heavy atom. The van der Waals surface area contributed by atoms with Gasteiger partial charge in [0.05, 0.1) is 22.7 Å². The van der Waals surface area contributed by atoms with Gasteiger partial charge in [0.1, 0.15) is 0 Å². The summed E-state index contributed by atoms with van der Waals surface area (Å²) in [7, 11) is 0. The molecule has 3 aromatic rings. The highest BCUT2D eigenvalue weighted by Crippen LogP contribution is 2.28. The summed E-state index contributed by atoms with van der Waals surface area (Å²) in [6.07, 6.45) is 1.63. The molecule has 0 unspecified atom stereocenters. The molecule has 0 aliphatic rings. The van der Waals surface area contributed by atoms with Gasteiger partial charge in [-0.25, -0.2) is 5.43 Å². The van der Waals surface area contributed by atoms with Crippen molar-refractivity contribution < 1.29 is 4.79 Å². The molecule has 1 heterocycles. The number of hydrazone groups is 1. The number of amides is 1. The highest BCUT2D eigenvalue weighted by Gasteiger charge is 2.12. The third-order valence-electron chi connectivity index (χ3n) is 4.20. The third-order valence-corrected chi connectivity index (χ3v) is 6.01. The second kappa shape index (κ2) is 9.72.